The Balaban J connectivity index is 2.02. The molecule has 2 aromatic carbocycles. The van der Waals surface area contributed by atoms with E-state index in [0.717, 1.165) is 13.0 Å². The molecule has 1 aliphatic rings. The summed E-state index contributed by atoms with van der Waals surface area (Å²) in [6, 6.07) is 13.6. The van der Waals surface area contributed by atoms with Crippen LogP contribution in [-0.2, 0) is 26.4 Å². The normalized spacial score (nSPS) is 13.9. The molecule has 0 unspecified atom stereocenters. The molecule has 0 N–H and O–H groups in total. The Morgan fingerprint density at radius 2 is 1.96 bits per heavy atom. The van der Waals surface area contributed by atoms with Crippen LogP contribution in [0.25, 0.3) is 22.4 Å². The zero-order valence-corrected chi connectivity index (χ0v) is 15.3. The Morgan fingerprint density at radius 1 is 1.17 bits per heavy atom. The quantitative estimate of drug-likeness (QED) is 0.625. The van der Waals surface area contributed by atoms with Crippen molar-refractivity contribution in [2.45, 2.75) is 46.6 Å². The van der Waals surface area contributed by atoms with Crippen LogP contribution in [0.4, 0.5) is 0 Å². The van der Waals surface area contributed by atoms with E-state index in [2.05, 4.69) is 73.4 Å². The maximum Gasteiger partial charge on any atom is 0.289 e. The molecular formula is C22H27N2+. The number of aryl methyl sites for hydroxylation is 4. The molecule has 24 heavy (non-hydrogen) atoms. The Hall–Kier alpha value is -2.09. The molecular weight excluding hydrogens is 292 g/mol. The highest BCUT2D eigenvalue weighted by molar-refractivity contribution is 5.81. The van der Waals surface area contributed by atoms with Crippen LogP contribution >= 0.6 is 0 Å². The van der Waals surface area contributed by atoms with Gasteiger partial charge in [0.15, 0.2) is 11.0 Å². The summed E-state index contributed by atoms with van der Waals surface area (Å²) in [7, 11) is 2.23. The predicted molar refractivity (Wildman–Crippen MR) is 100 cm³/mol. The van der Waals surface area contributed by atoms with Crippen molar-refractivity contribution in [3.63, 3.8) is 0 Å². The minimum atomic E-state index is 0.696. The van der Waals surface area contributed by atoms with Gasteiger partial charge in [-0.1, -0.05) is 38.1 Å². The van der Waals surface area contributed by atoms with E-state index in [1.54, 1.807) is 0 Å². The van der Waals surface area contributed by atoms with E-state index < -0.39 is 0 Å². The molecule has 0 saturated carbocycles. The average molecular weight is 319 g/mol. The molecule has 2 nitrogen and oxygen atoms in total. The third kappa shape index (κ3) is 2.36. The molecule has 2 heteroatoms. The van der Waals surface area contributed by atoms with Crippen molar-refractivity contribution >= 4 is 11.0 Å². The first-order chi connectivity index (χ1) is 11.6. The maximum absolute atomic E-state index is 2.55. The molecule has 0 saturated heterocycles. The Bertz CT molecular complexity index is 915. The third-order valence-electron chi connectivity index (χ3n) is 5.29. The van der Waals surface area contributed by atoms with Crippen molar-refractivity contribution in [2.24, 2.45) is 13.0 Å². The van der Waals surface area contributed by atoms with E-state index in [-0.39, 0.29) is 0 Å². The average Bonchev–Trinajstić information content (AvgIpc) is 2.82. The summed E-state index contributed by atoms with van der Waals surface area (Å²) < 4.78 is 4.96. The number of hydrogen-bond acceptors (Lipinski definition) is 0. The first-order valence-electron chi connectivity index (χ1n) is 9.16. The van der Waals surface area contributed by atoms with Crippen molar-refractivity contribution in [3.05, 3.63) is 53.1 Å². The van der Waals surface area contributed by atoms with E-state index in [9.17, 15) is 0 Å². The van der Waals surface area contributed by atoms with Gasteiger partial charge in [-0.3, -0.25) is 0 Å². The molecule has 124 valence electrons. The lowest BCUT2D eigenvalue weighted by molar-refractivity contribution is -0.664. The van der Waals surface area contributed by atoms with Gasteiger partial charge in [0.1, 0.15) is 0 Å². The third-order valence-corrected chi connectivity index (χ3v) is 5.29. The van der Waals surface area contributed by atoms with Gasteiger partial charge in [0.2, 0.25) is 0 Å². The van der Waals surface area contributed by atoms with Gasteiger partial charge in [0, 0.05) is 5.56 Å². The Kier molecular flexibility index (Phi) is 3.71. The smallest absolute Gasteiger partial charge is 0.226 e. The second-order valence-corrected chi connectivity index (χ2v) is 7.67. The van der Waals surface area contributed by atoms with Crippen molar-refractivity contribution < 1.29 is 4.57 Å². The lowest BCUT2D eigenvalue weighted by atomic mass is 9.96. The number of nitrogens with zero attached hydrogens (tertiary/aromatic N) is 2. The molecule has 0 radical (unpaired) electrons. The SMILES string of the molecule is Cc1ccccc1-c1n(C)c2cc(CC(C)C)cc3c2[n+]1CCC3. The second kappa shape index (κ2) is 5.77. The number of benzene rings is 2. The maximum atomic E-state index is 2.55. The van der Waals surface area contributed by atoms with Crippen LogP contribution in [0.15, 0.2) is 36.4 Å². The fourth-order valence-corrected chi connectivity index (χ4v) is 4.29. The lowest BCUT2D eigenvalue weighted by Crippen LogP contribution is -2.39. The van der Waals surface area contributed by atoms with Crippen molar-refractivity contribution in [1.29, 1.82) is 0 Å². The van der Waals surface area contributed by atoms with E-state index in [0.29, 0.717) is 5.92 Å². The number of aromatic nitrogens is 2. The molecule has 0 bridgehead atoms. The van der Waals surface area contributed by atoms with Gasteiger partial charge in [-0.2, -0.15) is 0 Å². The van der Waals surface area contributed by atoms with E-state index in [1.807, 2.05) is 0 Å². The van der Waals surface area contributed by atoms with Crippen molar-refractivity contribution in [2.75, 3.05) is 0 Å². The summed E-state index contributed by atoms with van der Waals surface area (Å²) >= 11 is 0. The van der Waals surface area contributed by atoms with Crippen LogP contribution in [0.5, 0.6) is 0 Å². The highest BCUT2D eigenvalue weighted by Gasteiger charge is 2.30. The minimum absolute atomic E-state index is 0.696. The van der Waals surface area contributed by atoms with Crippen LogP contribution in [-0.4, -0.2) is 4.57 Å². The summed E-state index contributed by atoms with van der Waals surface area (Å²) in [4.78, 5) is 0. The molecule has 1 aliphatic heterocycles. The molecule has 0 atom stereocenters. The summed E-state index contributed by atoms with van der Waals surface area (Å²) in [6.45, 7) is 7.95. The van der Waals surface area contributed by atoms with E-state index >= 15 is 0 Å². The summed E-state index contributed by atoms with van der Waals surface area (Å²) in [6.07, 6.45) is 3.61. The van der Waals surface area contributed by atoms with Crippen LogP contribution < -0.4 is 4.57 Å². The number of imidazole rings is 1. The first kappa shape index (κ1) is 15.4. The fourth-order valence-electron chi connectivity index (χ4n) is 4.29. The summed E-state index contributed by atoms with van der Waals surface area (Å²) in [5, 5.41) is 0. The predicted octanol–water partition coefficient (Wildman–Crippen LogP) is 4.59. The standard InChI is InChI=1S/C22H27N2/c1-15(2)12-17-13-18-9-7-11-24-21(18)20(14-17)23(4)22(24)19-10-6-5-8-16(19)3/h5-6,8,10,13-15H,7,9,11-12H2,1-4H3/q+1. The number of rotatable bonds is 3. The summed E-state index contributed by atoms with van der Waals surface area (Å²) in [5.41, 5.74) is 8.56. The molecule has 1 aromatic heterocycles. The van der Waals surface area contributed by atoms with E-state index in [4.69, 9.17) is 0 Å². The molecule has 2 heterocycles. The molecule has 4 rings (SSSR count). The Labute approximate surface area is 144 Å². The van der Waals surface area contributed by atoms with Gasteiger partial charge in [0.05, 0.1) is 19.2 Å². The fraction of sp³-hybridized carbons (Fsp3) is 0.409. The second-order valence-electron chi connectivity index (χ2n) is 7.67. The number of hydrogen-bond donors (Lipinski definition) is 0. The molecule has 3 aromatic rings. The van der Waals surface area contributed by atoms with Crippen LogP contribution in [0.1, 0.15) is 37.0 Å². The molecule has 0 fully saturated rings. The van der Waals surface area contributed by atoms with Gasteiger partial charge in [-0.25, -0.2) is 9.13 Å². The van der Waals surface area contributed by atoms with Crippen molar-refractivity contribution in [1.82, 2.24) is 4.57 Å². The van der Waals surface area contributed by atoms with Gasteiger partial charge < -0.3 is 0 Å². The topological polar surface area (TPSA) is 8.81 Å². The van der Waals surface area contributed by atoms with Crippen LogP contribution in [0, 0.1) is 12.8 Å². The lowest BCUT2D eigenvalue weighted by Gasteiger charge is -2.13. The monoisotopic (exact) mass is 319 g/mol. The molecule has 0 amide bonds. The first-order valence-corrected chi connectivity index (χ1v) is 9.16. The van der Waals surface area contributed by atoms with Crippen molar-refractivity contribution in [3.8, 4) is 11.4 Å². The molecule has 0 spiro atoms. The Morgan fingerprint density at radius 3 is 2.71 bits per heavy atom. The molecule has 0 aliphatic carbocycles. The van der Waals surface area contributed by atoms with Gasteiger partial charge in [0.25, 0.3) is 5.82 Å². The van der Waals surface area contributed by atoms with Crippen LogP contribution in [0.2, 0.25) is 0 Å². The van der Waals surface area contributed by atoms with Gasteiger partial charge in [-0.15, -0.1) is 0 Å². The van der Waals surface area contributed by atoms with Crippen LogP contribution in [0.3, 0.4) is 0 Å². The van der Waals surface area contributed by atoms with E-state index in [1.165, 1.54) is 52.0 Å². The highest BCUT2D eigenvalue weighted by atomic mass is 15.2. The minimum Gasteiger partial charge on any atom is -0.226 e. The van der Waals surface area contributed by atoms with Gasteiger partial charge in [-0.05, 0) is 55.4 Å². The zero-order chi connectivity index (χ0) is 16.8. The summed E-state index contributed by atoms with van der Waals surface area (Å²) in [5.74, 6) is 2.05. The largest absolute Gasteiger partial charge is 0.289 e. The highest BCUT2D eigenvalue weighted by Crippen LogP contribution is 2.30. The van der Waals surface area contributed by atoms with Gasteiger partial charge >= 0.3 is 0 Å². The zero-order valence-electron chi connectivity index (χ0n) is 15.3.